The van der Waals surface area contributed by atoms with Gasteiger partial charge in [-0.3, -0.25) is 14.9 Å². The van der Waals surface area contributed by atoms with Gasteiger partial charge in [0.25, 0.3) is 11.6 Å². The van der Waals surface area contributed by atoms with Gasteiger partial charge in [0.2, 0.25) is 0 Å². The first-order valence-electron chi connectivity index (χ1n) is 8.75. The molecule has 1 fully saturated rings. The third-order valence-corrected chi connectivity index (χ3v) is 4.75. The number of carbonyl (C=O) groups excluding carboxylic acids is 1. The maximum Gasteiger partial charge on any atom is 0.289 e. The number of furan rings is 1. The fourth-order valence-corrected chi connectivity index (χ4v) is 3.30. The summed E-state index contributed by atoms with van der Waals surface area (Å²) in [6.45, 7) is 1.30. The fourth-order valence-electron chi connectivity index (χ4n) is 3.30. The molecule has 27 heavy (non-hydrogen) atoms. The van der Waals surface area contributed by atoms with E-state index in [2.05, 4.69) is 10.3 Å². The van der Waals surface area contributed by atoms with Crippen molar-refractivity contribution in [1.82, 2.24) is 9.88 Å². The number of hydrogen-bond acceptors (Lipinski definition) is 6. The first-order valence-corrected chi connectivity index (χ1v) is 8.75. The molecule has 8 heteroatoms. The smallest absolute Gasteiger partial charge is 0.289 e. The van der Waals surface area contributed by atoms with Crippen LogP contribution in [0.2, 0.25) is 0 Å². The fraction of sp³-hybridized carbons (Fsp3) is 0.263. The van der Waals surface area contributed by atoms with Gasteiger partial charge in [-0.25, -0.2) is 4.98 Å². The van der Waals surface area contributed by atoms with Crippen molar-refractivity contribution in [1.29, 1.82) is 0 Å². The van der Waals surface area contributed by atoms with Gasteiger partial charge in [-0.1, -0.05) is 0 Å². The Balaban J connectivity index is 1.39. The Labute approximate surface area is 154 Å². The van der Waals surface area contributed by atoms with Crippen LogP contribution >= 0.6 is 0 Å². The number of nitrogens with zero attached hydrogens (tertiary/aromatic N) is 3. The van der Waals surface area contributed by atoms with E-state index in [9.17, 15) is 14.9 Å². The maximum absolute atomic E-state index is 12.3. The summed E-state index contributed by atoms with van der Waals surface area (Å²) >= 11 is 0. The molecule has 1 aliphatic rings. The standard InChI is InChI=1S/C19H18N4O4/c24-19(17-2-1-11-27-17)22-9-7-14(8-10-22)20-18-6-3-13-12-15(23(25)26)4-5-16(13)21-18/h1-6,11-12,14H,7-10H2,(H,20,21). The quantitative estimate of drug-likeness (QED) is 0.560. The number of nitro groups is 1. The molecular formula is C19H18N4O4. The minimum absolute atomic E-state index is 0.0543. The number of hydrogen-bond donors (Lipinski definition) is 1. The number of nitrogens with one attached hydrogen (secondary N) is 1. The molecule has 1 saturated heterocycles. The zero-order valence-electron chi connectivity index (χ0n) is 14.5. The second-order valence-corrected chi connectivity index (χ2v) is 6.52. The van der Waals surface area contributed by atoms with E-state index in [-0.39, 0.29) is 17.6 Å². The van der Waals surface area contributed by atoms with E-state index >= 15 is 0 Å². The van der Waals surface area contributed by atoms with Gasteiger partial charge in [0, 0.05) is 36.7 Å². The minimum Gasteiger partial charge on any atom is -0.459 e. The second kappa shape index (κ2) is 7.06. The van der Waals surface area contributed by atoms with Crippen LogP contribution < -0.4 is 5.32 Å². The Morgan fingerprint density at radius 3 is 2.74 bits per heavy atom. The summed E-state index contributed by atoms with van der Waals surface area (Å²) in [6, 6.07) is 11.9. The number of piperidine rings is 1. The molecule has 1 aliphatic heterocycles. The largest absolute Gasteiger partial charge is 0.459 e. The van der Waals surface area contributed by atoms with Crippen LogP contribution in [0, 0.1) is 10.1 Å². The van der Waals surface area contributed by atoms with Crippen LogP contribution in [0.15, 0.2) is 53.1 Å². The van der Waals surface area contributed by atoms with Crippen LogP contribution in [0.25, 0.3) is 10.9 Å². The van der Waals surface area contributed by atoms with Crippen molar-refractivity contribution in [2.24, 2.45) is 0 Å². The van der Waals surface area contributed by atoms with Gasteiger partial charge in [0.05, 0.1) is 16.7 Å². The van der Waals surface area contributed by atoms with Crippen LogP contribution in [-0.4, -0.2) is 39.8 Å². The highest BCUT2D eigenvalue weighted by Crippen LogP contribution is 2.23. The van der Waals surface area contributed by atoms with Crippen LogP contribution in [0.4, 0.5) is 11.5 Å². The lowest BCUT2D eigenvalue weighted by atomic mass is 10.0. The molecule has 0 spiro atoms. The number of pyridine rings is 1. The topological polar surface area (TPSA) is 102 Å². The Kier molecular flexibility index (Phi) is 4.45. The average molecular weight is 366 g/mol. The van der Waals surface area contributed by atoms with Gasteiger partial charge in [-0.05, 0) is 43.2 Å². The van der Waals surface area contributed by atoms with E-state index in [0.717, 1.165) is 24.0 Å². The predicted molar refractivity (Wildman–Crippen MR) is 99.7 cm³/mol. The minimum atomic E-state index is -0.413. The molecule has 0 radical (unpaired) electrons. The van der Waals surface area contributed by atoms with Crippen molar-refractivity contribution in [2.45, 2.75) is 18.9 Å². The second-order valence-electron chi connectivity index (χ2n) is 6.52. The van der Waals surface area contributed by atoms with Crippen LogP contribution in [0.1, 0.15) is 23.4 Å². The van der Waals surface area contributed by atoms with E-state index in [1.165, 1.54) is 18.4 Å². The molecule has 3 heterocycles. The summed E-state index contributed by atoms with van der Waals surface area (Å²) in [5, 5.41) is 15.0. The number of anilines is 1. The van der Waals surface area contributed by atoms with E-state index in [0.29, 0.717) is 24.4 Å². The number of rotatable bonds is 4. The third-order valence-electron chi connectivity index (χ3n) is 4.75. The Morgan fingerprint density at radius 1 is 1.22 bits per heavy atom. The number of fused-ring (bicyclic) bond motifs is 1. The summed E-state index contributed by atoms with van der Waals surface area (Å²) in [4.78, 5) is 29.1. The van der Waals surface area contributed by atoms with E-state index in [1.807, 2.05) is 12.1 Å². The molecule has 1 aromatic carbocycles. The van der Waals surface area contributed by atoms with Crippen molar-refractivity contribution in [3.05, 3.63) is 64.6 Å². The maximum atomic E-state index is 12.3. The molecule has 1 amide bonds. The molecule has 1 N–H and O–H groups in total. The van der Waals surface area contributed by atoms with Gasteiger partial charge in [-0.2, -0.15) is 0 Å². The molecule has 4 rings (SSSR count). The highest BCUT2D eigenvalue weighted by Gasteiger charge is 2.25. The lowest BCUT2D eigenvalue weighted by Gasteiger charge is -2.32. The molecule has 2 aromatic heterocycles. The zero-order valence-corrected chi connectivity index (χ0v) is 14.5. The highest BCUT2D eigenvalue weighted by atomic mass is 16.6. The summed E-state index contributed by atoms with van der Waals surface area (Å²) in [5.41, 5.74) is 0.759. The Bertz CT molecular complexity index is 979. The van der Waals surface area contributed by atoms with Crippen LogP contribution in [0.5, 0.6) is 0 Å². The Hall–Kier alpha value is -3.42. The van der Waals surface area contributed by atoms with Gasteiger partial charge in [0.1, 0.15) is 5.82 Å². The van der Waals surface area contributed by atoms with Gasteiger partial charge < -0.3 is 14.6 Å². The number of likely N-dealkylation sites (tertiary alicyclic amines) is 1. The van der Waals surface area contributed by atoms with Crippen molar-refractivity contribution in [3.8, 4) is 0 Å². The number of non-ortho nitro benzene ring substituents is 1. The van der Waals surface area contributed by atoms with Crippen molar-refractivity contribution in [2.75, 3.05) is 18.4 Å². The van der Waals surface area contributed by atoms with Gasteiger partial charge >= 0.3 is 0 Å². The van der Waals surface area contributed by atoms with Crippen molar-refractivity contribution >= 4 is 28.3 Å². The lowest BCUT2D eigenvalue weighted by molar-refractivity contribution is -0.384. The van der Waals surface area contributed by atoms with Crippen molar-refractivity contribution < 1.29 is 14.1 Å². The van der Waals surface area contributed by atoms with Crippen LogP contribution in [0.3, 0.4) is 0 Å². The number of carbonyl (C=O) groups is 1. The van der Waals surface area contributed by atoms with Gasteiger partial charge in [-0.15, -0.1) is 0 Å². The zero-order chi connectivity index (χ0) is 18.8. The van der Waals surface area contributed by atoms with Crippen molar-refractivity contribution in [3.63, 3.8) is 0 Å². The molecule has 0 bridgehead atoms. The van der Waals surface area contributed by atoms with E-state index < -0.39 is 4.92 Å². The number of amides is 1. The molecule has 0 aliphatic carbocycles. The first kappa shape index (κ1) is 17.0. The molecule has 0 saturated carbocycles. The molecule has 138 valence electrons. The predicted octanol–water partition coefficient (Wildman–Crippen LogP) is 3.45. The molecule has 0 unspecified atom stereocenters. The SMILES string of the molecule is O=C(c1ccco1)N1CCC(Nc2ccc3cc([N+](=O)[O-])ccc3n2)CC1. The number of nitro benzene ring substituents is 1. The first-order chi connectivity index (χ1) is 13.1. The molecule has 0 atom stereocenters. The summed E-state index contributed by atoms with van der Waals surface area (Å²) in [7, 11) is 0. The summed E-state index contributed by atoms with van der Waals surface area (Å²) in [5.74, 6) is 1.02. The molecule has 3 aromatic rings. The number of aromatic nitrogens is 1. The summed E-state index contributed by atoms with van der Waals surface area (Å²) in [6.07, 6.45) is 3.13. The lowest BCUT2D eigenvalue weighted by Crippen LogP contribution is -2.42. The summed E-state index contributed by atoms with van der Waals surface area (Å²) < 4.78 is 5.18. The molecular weight excluding hydrogens is 348 g/mol. The van der Waals surface area contributed by atoms with E-state index in [4.69, 9.17) is 4.42 Å². The van der Waals surface area contributed by atoms with E-state index in [1.54, 1.807) is 23.1 Å². The molecule has 8 nitrogen and oxygen atoms in total. The number of benzene rings is 1. The Morgan fingerprint density at radius 2 is 2.04 bits per heavy atom. The average Bonchev–Trinajstić information content (AvgIpc) is 3.22. The van der Waals surface area contributed by atoms with Gasteiger partial charge in [0.15, 0.2) is 5.76 Å². The van der Waals surface area contributed by atoms with Crippen LogP contribution in [-0.2, 0) is 0 Å². The normalized spacial score (nSPS) is 15.0. The monoisotopic (exact) mass is 366 g/mol. The highest BCUT2D eigenvalue weighted by molar-refractivity contribution is 5.91. The third kappa shape index (κ3) is 3.59.